The van der Waals surface area contributed by atoms with Crippen LogP contribution in [0.2, 0.25) is 0 Å². The molecule has 0 spiro atoms. The molecule has 59 heavy (non-hydrogen) atoms. The quantitative estimate of drug-likeness (QED) is 0.156. The van der Waals surface area contributed by atoms with Gasteiger partial charge in [0.15, 0.2) is 5.84 Å². The molecule has 0 radical (unpaired) electrons. The van der Waals surface area contributed by atoms with Crippen molar-refractivity contribution in [3.05, 3.63) is 210 Å². The molecule has 0 N–H and O–H groups in total. The third-order valence-corrected chi connectivity index (χ3v) is 13.8. The normalized spacial score (nSPS) is 13.3. The zero-order valence-electron chi connectivity index (χ0n) is 32.0. The molecule has 276 valence electrons. The Bertz CT molecular complexity index is 3590. The van der Waals surface area contributed by atoms with Crippen LogP contribution in [0.3, 0.4) is 0 Å². The molecule has 0 amide bonds. The Morgan fingerprint density at radius 2 is 1.02 bits per heavy atom. The van der Waals surface area contributed by atoms with Crippen LogP contribution in [-0.4, -0.2) is 16.1 Å². The van der Waals surface area contributed by atoms with Gasteiger partial charge in [-0.05, 0) is 72.6 Å². The summed E-state index contributed by atoms with van der Waals surface area (Å²) in [5.41, 5.74) is 15.5. The third-order valence-electron chi connectivity index (χ3n) is 11.6. The number of nitrogens with zero attached hydrogens (tertiary/aromatic N) is 3. The zero-order chi connectivity index (χ0) is 39.0. The lowest BCUT2D eigenvalue weighted by Gasteiger charge is -2.10. The van der Waals surface area contributed by atoms with E-state index in [-0.39, 0.29) is 0 Å². The highest BCUT2D eigenvalue weighted by Gasteiger charge is 2.20. The number of aliphatic imine (C=N–C) groups is 2. The summed E-state index contributed by atoms with van der Waals surface area (Å²) >= 11 is 3.69. The Morgan fingerprint density at radius 1 is 0.441 bits per heavy atom. The second-order valence-electron chi connectivity index (χ2n) is 15.0. The summed E-state index contributed by atoms with van der Waals surface area (Å²) in [6.07, 6.45) is 0. The minimum atomic E-state index is 0.678. The summed E-state index contributed by atoms with van der Waals surface area (Å²) in [6.45, 7) is 2.09. The Balaban J connectivity index is 1.06. The van der Waals surface area contributed by atoms with Crippen molar-refractivity contribution in [3.8, 4) is 16.8 Å². The molecule has 5 heteroatoms. The van der Waals surface area contributed by atoms with Crippen molar-refractivity contribution in [2.24, 2.45) is 9.98 Å². The number of hydrogen-bond donors (Lipinski definition) is 0. The number of hydrogen-bond acceptors (Lipinski definition) is 4. The SMILES string of the molecule is CC1=C=C(c2cccc3sc4ccc(-c5cccc6sc7ccc(-n8c9ccccc9c9ccccc98)cc7c56)cc4c23)N=C(c2ccccc2)N=C1c1ccccc1. The topological polar surface area (TPSA) is 29.6 Å². The lowest BCUT2D eigenvalue weighted by atomic mass is 9.96. The summed E-state index contributed by atoms with van der Waals surface area (Å²) in [5, 5.41) is 7.52. The highest BCUT2D eigenvalue weighted by atomic mass is 32.1. The average Bonchev–Trinajstić information content (AvgIpc) is 3.93. The van der Waals surface area contributed by atoms with Gasteiger partial charge < -0.3 is 4.57 Å². The first-order valence-electron chi connectivity index (χ1n) is 19.8. The van der Waals surface area contributed by atoms with E-state index in [1.807, 2.05) is 46.9 Å². The van der Waals surface area contributed by atoms with Crippen LogP contribution in [0, 0.1) is 0 Å². The van der Waals surface area contributed by atoms with Crippen LogP contribution in [0.25, 0.3) is 84.7 Å². The Labute approximate surface area is 348 Å². The maximum Gasteiger partial charge on any atom is 0.161 e. The molecule has 0 saturated heterocycles. The van der Waals surface area contributed by atoms with E-state index in [1.165, 1.54) is 79.0 Å². The second kappa shape index (κ2) is 13.5. The van der Waals surface area contributed by atoms with Crippen molar-refractivity contribution in [1.29, 1.82) is 0 Å². The third kappa shape index (κ3) is 5.48. The molecule has 1 aliphatic heterocycles. The fraction of sp³-hybridized carbons (Fsp3) is 0.0185. The van der Waals surface area contributed by atoms with Gasteiger partial charge in [-0.25, -0.2) is 9.98 Å². The van der Waals surface area contributed by atoms with E-state index in [1.54, 1.807) is 0 Å². The lowest BCUT2D eigenvalue weighted by Crippen LogP contribution is -2.06. The molecule has 0 aliphatic carbocycles. The average molecular weight is 788 g/mol. The molecule has 0 atom stereocenters. The van der Waals surface area contributed by atoms with Crippen molar-refractivity contribution >= 4 is 102 Å². The van der Waals surface area contributed by atoms with Gasteiger partial charge in [0.05, 0.1) is 16.7 Å². The molecule has 3 aromatic heterocycles. The summed E-state index contributed by atoms with van der Waals surface area (Å²) in [7, 11) is 0. The number of para-hydroxylation sites is 2. The molecule has 11 aromatic rings. The van der Waals surface area contributed by atoms with Gasteiger partial charge in [0, 0.05) is 79.1 Å². The first kappa shape index (κ1) is 33.9. The molecule has 1 aliphatic rings. The van der Waals surface area contributed by atoms with Crippen LogP contribution in [0.1, 0.15) is 23.6 Å². The summed E-state index contributed by atoms with van der Waals surface area (Å²) in [6, 6.07) is 65.4. The highest BCUT2D eigenvalue weighted by Crippen LogP contribution is 2.45. The van der Waals surface area contributed by atoms with Crippen molar-refractivity contribution in [1.82, 2.24) is 4.57 Å². The standard InChI is InChI=1S/C54H33N3S2/c1-33-30-44(55-54(35-16-6-3-7-17-35)56-53(33)34-14-4-2-5-15-34)41-21-13-25-50-52(41)42-31-36(26-28-47(42)58-50)38-20-12-24-49-51(38)43-32-37(27-29-48(43)59-49)57-45-22-10-8-18-39(45)40-19-9-11-23-46(40)57/h2-29,31-32H,1H3. The van der Waals surface area contributed by atoms with Crippen molar-refractivity contribution in [2.75, 3.05) is 0 Å². The predicted molar refractivity (Wildman–Crippen MR) is 254 cm³/mol. The van der Waals surface area contributed by atoms with Gasteiger partial charge in [-0.15, -0.1) is 22.7 Å². The first-order valence-corrected chi connectivity index (χ1v) is 21.5. The van der Waals surface area contributed by atoms with E-state index in [0.29, 0.717) is 5.84 Å². The molecular weight excluding hydrogens is 755 g/mol. The first-order chi connectivity index (χ1) is 29.2. The van der Waals surface area contributed by atoms with Gasteiger partial charge in [0.25, 0.3) is 0 Å². The number of rotatable bonds is 5. The molecule has 4 heterocycles. The molecular formula is C54H33N3S2. The van der Waals surface area contributed by atoms with E-state index < -0.39 is 0 Å². The predicted octanol–water partition coefficient (Wildman–Crippen LogP) is 15.0. The number of fused-ring (bicyclic) bond motifs is 9. The largest absolute Gasteiger partial charge is 0.309 e. The van der Waals surface area contributed by atoms with Crippen LogP contribution < -0.4 is 0 Å². The molecule has 0 fully saturated rings. The smallest absolute Gasteiger partial charge is 0.161 e. The monoisotopic (exact) mass is 787 g/mol. The van der Waals surface area contributed by atoms with E-state index in [4.69, 9.17) is 9.98 Å². The summed E-state index contributed by atoms with van der Waals surface area (Å²) < 4.78 is 7.46. The molecule has 3 nitrogen and oxygen atoms in total. The second-order valence-corrected chi connectivity index (χ2v) is 17.2. The molecule has 0 saturated carbocycles. The van der Waals surface area contributed by atoms with Crippen molar-refractivity contribution < 1.29 is 0 Å². The highest BCUT2D eigenvalue weighted by molar-refractivity contribution is 7.26. The molecule has 0 bridgehead atoms. The lowest BCUT2D eigenvalue weighted by molar-refractivity contribution is 1.19. The van der Waals surface area contributed by atoms with Crippen molar-refractivity contribution in [3.63, 3.8) is 0 Å². The molecule has 8 aromatic carbocycles. The fourth-order valence-corrected chi connectivity index (χ4v) is 11.1. The maximum absolute atomic E-state index is 5.31. The van der Waals surface area contributed by atoms with E-state index >= 15 is 0 Å². The van der Waals surface area contributed by atoms with E-state index in [9.17, 15) is 0 Å². The van der Waals surface area contributed by atoms with Gasteiger partial charge in [-0.2, -0.15) is 0 Å². The fourth-order valence-electron chi connectivity index (χ4n) is 8.89. The Morgan fingerprint density at radius 3 is 1.71 bits per heavy atom. The van der Waals surface area contributed by atoms with Crippen LogP contribution in [0.5, 0.6) is 0 Å². The Hall–Kier alpha value is -7.14. The minimum Gasteiger partial charge on any atom is -0.309 e. The Kier molecular flexibility index (Phi) is 7.75. The van der Waals surface area contributed by atoms with Crippen LogP contribution in [-0.2, 0) is 0 Å². The van der Waals surface area contributed by atoms with Crippen LogP contribution in [0.15, 0.2) is 203 Å². The van der Waals surface area contributed by atoms with Gasteiger partial charge in [0.2, 0.25) is 0 Å². The van der Waals surface area contributed by atoms with E-state index in [0.717, 1.165) is 33.7 Å². The van der Waals surface area contributed by atoms with Gasteiger partial charge in [-0.1, -0.05) is 133 Å². The maximum atomic E-state index is 5.31. The van der Waals surface area contributed by atoms with Crippen LogP contribution >= 0.6 is 22.7 Å². The summed E-state index contributed by atoms with van der Waals surface area (Å²) in [5.74, 6) is 0.678. The number of allylic oxidation sites excluding steroid dienone is 1. The van der Waals surface area contributed by atoms with Gasteiger partial charge in [-0.3, -0.25) is 0 Å². The molecule has 0 unspecified atom stereocenters. The zero-order valence-corrected chi connectivity index (χ0v) is 33.6. The summed E-state index contributed by atoms with van der Waals surface area (Å²) in [4.78, 5) is 10.5. The number of thiophene rings is 2. The minimum absolute atomic E-state index is 0.678. The van der Waals surface area contributed by atoms with Gasteiger partial charge >= 0.3 is 0 Å². The van der Waals surface area contributed by atoms with Crippen LogP contribution in [0.4, 0.5) is 0 Å². The number of benzene rings is 8. The molecule has 12 rings (SSSR count). The van der Waals surface area contributed by atoms with E-state index in [2.05, 4.69) is 175 Å². The number of amidine groups is 1. The van der Waals surface area contributed by atoms with Crippen molar-refractivity contribution in [2.45, 2.75) is 6.92 Å². The van der Waals surface area contributed by atoms with Gasteiger partial charge in [0.1, 0.15) is 5.70 Å². The number of aromatic nitrogens is 1.